The molecule has 4 aromatic rings. The number of carbonyl (C=O) groups is 2. The first kappa shape index (κ1) is 33.0. The van der Waals surface area contributed by atoms with E-state index in [4.69, 9.17) is 0 Å². The van der Waals surface area contributed by atoms with Gasteiger partial charge in [-0.2, -0.15) is 0 Å². The Balaban J connectivity index is 1.83. The Bertz CT molecular complexity index is 1700. The zero-order chi connectivity index (χ0) is 31.9. The largest absolute Gasteiger partial charge is 0.352 e. The third-order valence-electron chi connectivity index (χ3n) is 7.40. The number of nitrogens with one attached hydrogen (secondary N) is 1. The number of sulfonamides is 1. The van der Waals surface area contributed by atoms with Crippen molar-refractivity contribution < 1.29 is 18.0 Å². The van der Waals surface area contributed by atoms with E-state index in [9.17, 15) is 18.0 Å². The van der Waals surface area contributed by atoms with Crippen LogP contribution in [0.15, 0.2) is 112 Å². The maximum atomic E-state index is 14.5. The van der Waals surface area contributed by atoms with Crippen LogP contribution in [0, 0.1) is 13.8 Å². The lowest BCUT2D eigenvalue weighted by atomic mass is 10.0. The summed E-state index contributed by atoms with van der Waals surface area (Å²) in [7, 11) is -4.15. The highest BCUT2D eigenvalue weighted by molar-refractivity contribution is 9.10. The molecule has 0 aliphatic rings. The number of carbonyl (C=O) groups excluding carboxylic acids is 2. The number of anilines is 1. The molecule has 0 saturated carbocycles. The molecule has 0 saturated heterocycles. The van der Waals surface area contributed by atoms with E-state index in [-0.39, 0.29) is 29.8 Å². The predicted octanol–water partition coefficient (Wildman–Crippen LogP) is 6.43. The summed E-state index contributed by atoms with van der Waals surface area (Å²) < 4.78 is 30.3. The van der Waals surface area contributed by atoms with Crippen LogP contribution in [0.2, 0.25) is 0 Å². The van der Waals surface area contributed by atoms with Gasteiger partial charge in [-0.15, -0.1) is 0 Å². The van der Waals surface area contributed by atoms with E-state index >= 15 is 0 Å². The monoisotopic (exact) mass is 675 g/mol. The summed E-state index contributed by atoms with van der Waals surface area (Å²) in [5.74, 6) is -0.804. The van der Waals surface area contributed by atoms with Gasteiger partial charge in [0.2, 0.25) is 11.8 Å². The minimum atomic E-state index is -4.15. The maximum absolute atomic E-state index is 14.5. The van der Waals surface area contributed by atoms with Gasteiger partial charge >= 0.3 is 0 Å². The van der Waals surface area contributed by atoms with Crippen molar-refractivity contribution in [2.45, 2.75) is 57.6 Å². The van der Waals surface area contributed by atoms with Gasteiger partial charge in [-0.25, -0.2) is 8.42 Å². The lowest BCUT2D eigenvalue weighted by Gasteiger charge is -2.34. The molecule has 1 N–H and O–H groups in total. The van der Waals surface area contributed by atoms with Crippen LogP contribution in [-0.4, -0.2) is 43.8 Å². The standard InChI is InChI=1S/C35H38BrN3O4S/c1-25(2)37-35(41)33(22-28-14-7-5-8-15-28)38(23-29-16-12-17-30(36)21-29)34(40)24-39(32-20-11-13-26(3)27(32)4)44(42,43)31-18-9-6-10-19-31/h5-21,25,33H,22-24H2,1-4H3,(H,37,41)/t33-/m1/s1. The Morgan fingerprint density at radius 3 is 2.07 bits per heavy atom. The molecule has 4 aromatic carbocycles. The highest BCUT2D eigenvalue weighted by Crippen LogP contribution is 2.29. The van der Waals surface area contributed by atoms with Crippen LogP contribution in [0.3, 0.4) is 0 Å². The third kappa shape index (κ3) is 8.15. The fourth-order valence-electron chi connectivity index (χ4n) is 5.01. The van der Waals surface area contributed by atoms with Crippen molar-refractivity contribution in [3.05, 3.63) is 130 Å². The molecule has 0 aliphatic heterocycles. The molecule has 7 nitrogen and oxygen atoms in total. The molecule has 0 radical (unpaired) electrons. The molecule has 0 spiro atoms. The summed E-state index contributed by atoms with van der Waals surface area (Å²) in [6.07, 6.45) is 0.258. The highest BCUT2D eigenvalue weighted by atomic mass is 79.9. The van der Waals surface area contributed by atoms with Crippen LogP contribution in [0.5, 0.6) is 0 Å². The minimum Gasteiger partial charge on any atom is -0.352 e. The number of benzene rings is 4. The predicted molar refractivity (Wildman–Crippen MR) is 179 cm³/mol. The number of aryl methyl sites for hydroxylation is 1. The summed E-state index contributed by atoms with van der Waals surface area (Å²) in [6, 6.07) is 29.5. The van der Waals surface area contributed by atoms with Crippen LogP contribution in [0.1, 0.15) is 36.1 Å². The number of nitrogens with zero attached hydrogens (tertiary/aromatic N) is 2. The first-order chi connectivity index (χ1) is 21.0. The lowest BCUT2D eigenvalue weighted by Crippen LogP contribution is -2.54. The van der Waals surface area contributed by atoms with Crippen LogP contribution in [0.4, 0.5) is 5.69 Å². The van der Waals surface area contributed by atoms with Crippen LogP contribution >= 0.6 is 15.9 Å². The molecule has 230 valence electrons. The summed E-state index contributed by atoms with van der Waals surface area (Å²) in [4.78, 5) is 29.9. The molecule has 0 aliphatic carbocycles. The Morgan fingerprint density at radius 2 is 1.43 bits per heavy atom. The molecular formula is C35H38BrN3O4S. The fraction of sp³-hybridized carbons (Fsp3) is 0.257. The molecule has 9 heteroatoms. The van der Waals surface area contributed by atoms with Crippen molar-refractivity contribution in [3.63, 3.8) is 0 Å². The smallest absolute Gasteiger partial charge is 0.264 e. The zero-order valence-corrected chi connectivity index (χ0v) is 27.8. The van der Waals surface area contributed by atoms with Gasteiger partial charge < -0.3 is 10.2 Å². The van der Waals surface area contributed by atoms with E-state index in [1.807, 2.05) is 88.4 Å². The average molecular weight is 677 g/mol. The van der Waals surface area contributed by atoms with E-state index in [2.05, 4.69) is 21.2 Å². The Hall–Kier alpha value is -3.95. The summed E-state index contributed by atoms with van der Waals surface area (Å²) in [6.45, 7) is 7.10. The van der Waals surface area contributed by atoms with E-state index < -0.39 is 28.5 Å². The van der Waals surface area contributed by atoms with Gasteiger partial charge in [-0.1, -0.05) is 88.7 Å². The van der Waals surface area contributed by atoms with Gasteiger partial charge in [-0.05, 0) is 80.3 Å². The summed E-state index contributed by atoms with van der Waals surface area (Å²) in [5, 5.41) is 2.98. The average Bonchev–Trinajstić information content (AvgIpc) is 2.99. The van der Waals surface area contributed by atoms with Crippen LogP contribution in [0.25, 0.3) is 0 Å². The minimum absolute atomic E-state index is 0.0747. The third-order valence-corrected chi connectivity index (χ3v) is 9.67. The molecule has 44 heavy (non-hydrogen) atoms. The van der Waals surface area contributed by atoms with E-state index in [0.717, 1.165) is 26.7 Å². The fourth-order valence-corrected chi connectivity index (χ4v) is 6.94. The summed E-state index contributed by atoms with van der Waals surface area (Å²) in [5.41, 5.74) is 3.74. The van der Waals surface area contributed by atoms with Gasteiger partial charge in [0, 0.05) is 23.5 Å². The van der Waals surface area contributed by atoms with Gasteiger partial charge in [0.15, 0.2) is 0 Å². The van der Waals surface area contributed by atoms with Crippen LogP contribution in [-0.2, 0) is 32.6 Å². The van der Waals surface area contributed by atoms with E-state index in [0.29, 0.717) is 5.69 Å². The van der Waals surface area contributed by atoms with Crippen LogP contribution < -0.4 is 9.62 Å². The molecule has 0 fully saturated rings. The highest BCUT2D eigenvalue weighted by Gasteiger charge is 2.35. The number of amides is 2. The summed E-state index contributed by atoms with van der Waals surface area (Å²) >= 11 is 3.51. The topological polar surface area (TPSA) is 86.8 Å². The molecule has 0 heterocycles. The molecule has 1 atom stereocenters. The number of rotatable bonds is 12. The van der Waals surface area contributed by atoms with E-state index in [1.165, 1.54) is 21.3 Å². The Morgan fingerprint density at radius 1 is 0.818 bits per heavy atom. The normalized spacial score (nSPS) is 12.0. The Labute approximate surface area is 269 Å². The molecule has 0 unspecified atom stereocenters. The van der Waals surface area contributed by atoms with Gasteiger partial charge in [0.1, 0.15) is 12.6 Å². The first-order valence-electron chi connectivity index (χ1n) is 14.5. The quantitative estimate of drug-likeness (QED) is 0.188. The molecule has 2 amide bonds. The molecule has 4 rings (SSSR count). The van der Waals surface area contributed by atoms with Gasteiger partial charge in [0.25, 0.3) is 10.0 Å². The SMILES string of the molecule is Cc1cccc(N(CC(=O)N(Cc2cccc(Br)c2)[C@H](Cc2ccccc2)C(=O)NC(C)C)S(=O)(=O)c2ccccc2)c1C. The second-order valence-electron chi connectivity index (χ2n) is 11.1. The number of hydrogen-bond acceptors (Lipinski definition) is 4. The van der Waals surface area contributed by atoms with Gasteiger partial charge in [0.05, 0.1) is 10.6 Å². The molecule has 0 aromatic heterocycles. The number of hydrogen-bond donors (Lipinski definition) is 1. The second kappa shape index (κ2) is 14.7. The molecule has 0 bridgehead atoms. The number of halogens is 1. The van der Waals surface area contributed by atoms with Crippen molar-refractivity contribution in [1.82, 2.24) is 10.2 Å². The van der Waals surface area contributed by atoms with Crippen molar-refractivity contribution in [2.75, 3.05) is 10.8 Å². The Kier molecular flexibility index (Phi) is 11.0. The van der Waals surface area contributed by atoms with Crippen molar-refractivity contribution in [3.8, 4) is 0 Å². The maximum Gasteiger partial charge on any atom is 0.264 e. The lowest BCUT2D eigenvalue weighted by molar-refractivity contribution is -0.140. The first-order valence-corrected chi connectivity index (χ1v) is 16.7. The second-order valence-corrected chi connectivity index (χ2v) is 13.8. The molecular weight excluding hydrogens is 638 g/mol. The van der Waals surface area contributed by atoms with Gasteiger partial charge in [-0.3, -0.25) is 13.9 Å². The zero-order valence-electron chi connectivity index (χ0n) is 25.4. The van der Waals surface area contributed by atoms with Crippen molar-refractivity contribution >= 4 is 43.5 Å². The van der Waals surface area contributed by atoms with Crippen molar-refractivity contribution in [1.29, 1.82) is 0 Å². The van der Waals surface area contributed by atoms with E-state index in [1.54, 1.807) is 30.3 Å². The van der Waals surface area contributed by atoms with Crippen molar-refractivity contribution in [2.24, 2.45) is 0 Å².